The number of carbonyl (C=O) groups is 2. The minimum Gasteiger partial charge on any atom is -0.504 e. The van der Waals surface area contributed by atoms with Crippen LogP contribution in [-0.4, -0.2) is 36.4 Å². The molecule has 0 amide bonds. The molecule has 2 N–H and O–H groups in total. The van der Waals surface area contributed by atoms with Gasteiger partial charge in [-0.25, -0.2) is 0 Å². The molecule has 8 nitrogen and oxygen atoms in total. The van der Waals surface area contributed by atoms with Gasteiger partial charge in [-0.2, -0.15) is 0 Å². The zero-order valence-electron chi connectivity index (χ0n) is 14.9. The Hall–Kier alpha value is -3.42. The Kier molecular flexibility index (Phi) is 6.87. The van der Waals surface area contributed by atoms with Crippen molar-refractivity contribution in [2.45, 2.75) is 19.6 Å². The van der Waals surface area contributed by atoms with Crippen LogP contribution in [-0.2, 0) is 32.3 Å². The van der Waals surface area contributed by atoms with Crippen LogP contribution in [0.15, 0.2) is 36.4 Å². The average molecular weight is 376 g/mol. The van der Waals surface area contributed by atoms with Gasteiger partial charge in [-0.3, -0.25) is 9.59 Å². The number of hydrogen-bond donors (Lipinski definition) is 2. The van der Waals surface area contributed by atoms with Gasteiger partial charge in [0.15, 0.2) is 23.0 Å². The van der Waals surface area contributed by atoms with Crippen molar-refractivity contribution in [2.75, 3.05) is 14.2 Å². The largest absolute Gasteiger partial charge is 0.504 e. The van der Waals surface area contributed by atoms with E-state index in [1.165, 1.54) is 38.5 Å². The smallest absolute Gasteiger partial charge is 0.317 e. The maximum Gasteiger partial charge on any atom is 0.317 e. The van der Waals surface area contributed by atoms with E-state index in [-0.39, 0.29) is 36.2 Å². The number of benzene rings is 2. The van der Waals surface area contributed by atoms with E-state index in [0.29, 0.717) is 11.1 Å². The van der Waals surface area contributed by atoms with Crippen molar-refractivity contribution in [1.29, 1.82) is 0 Å². The molecule has 0 unspecified atom stereocenters. The standard InChI is InChI=1S/C19H20O8/c1-24-16-7-12(3-5-14(16)20)10-26-18(22)9-19(23)27-11-13-4-6-15(21)17(8-13)25-2/h3-8,20-21H,9-11H2,1-2H3. The van der Waals surface area contributed by atoms with Crippen molar-refractivity contribution >= 4 is 11.9 Å². The molecule has 0 aliphatic heterocycles. The summed E-state index contributed by atoms with van der Waals surface area (Å²) in [6.45, 7) is -0.143. The molecule has 0 bridgehead atoms. The van der Waals surface area contributed by atoms with Crippen LogP contribution in [0.25, 0.3) is 0 Å². The molecule has 0 saturated heterocycles. The number of hydrogen-bond acceptors (Lipinski definition) is 8. The molecule has 0 radical (unpaired) electrons. The Balaban J connectivity index is 1.79. The van der Waals surface area contributed by atoms with E-state index in [1.54, 1.807) is 12.1 Å². The van der Waals surface area contributed by atoms with Gasteiger partial charge in [0.2, 0.25) is 0 Å². The fraction of sp³-hybridized carbons (Fsp3) is 0.263. The van der Waals surface area contributed by atoms with Gasteiger partial charge >= 0.3 is 11.9 Å². The first-order valence-electron chi connectivity index (χ1n) is 7.96. The van der Waals surface area contributed by atoms with Gasteiger partial charge in [0.05, 0.1) is 14.2 Å². The zero-order valence-corrected chi connectivity index (χ0v) is 14.9. The first-order valence-corrected chi connectivity index (χ1v) is 7.96. The second kappa shape index (κ2) is 9.33. The van der Waals surface area contributed by atoms with E-state index in [2.05, 4.69) is 0 Å². The number of rotatable bonds is 8. The van der Waals surface area contributed by atoms with Crippen LogP contribution >= 0.6 is 0 Å². The molecular weight excluding hydrogens is 356 g/mol. The second-order valence-electron chi connectivity index (χ2n) is 5.51. The Morgan fingerprint density at radius 2 is 1.19 bits per heavy atom. The molecule has 0 fully saturated rings. The van der Waals surface area contributed by atoms with Crippen molar-refractivity contribution in [1.82, 2.24) is 0 Å². The topological polar surface area (TPSA) is 112 Å². The number of methoxy groups -OCH3 is 2. The maximum absolute atomic E-state index is 11.7. The van der Waals surface area contributed by atoms with E-state index in [9.17, 15) is 19.8 Å². The Bertz CT molecular complexity index is 748. The van der Waals surface area contributed by atoms with Crippen molar-refractivity contribution in [3.8, 4) is 23.0 Å². The number of phenolic OH excluding ortho intramolecular Hbond substituents is 2. The maximum atomic E-state index is 11.7. The van der Waals surface area contributed by atoms with Crippen molar-refractivity contribution in [2.24, 2.45) is 0 Å². The Morgan fingerprint density at radius 1 is 0.778 bits per heavy atom. The minimum atomic E-state index is -0.740. The molecule has 0 aliphatic rings. The molecule has 0 heterocycles. The molecule has 8 heteroatoms. The summed E-state index contributed by atoms with van der Waals surface area (Å²) in [6.07, 6.45) is -0.537. The molecule has 0 aromatic heterocycles. The molecule has 2 aromatic rings. The predicted molar refractivity (Wildman–Crippen MR) is 93.5 cm³/mol. The molecule has 144 valence electrons. The van der Waals surface area contributed by atoms with Crippen LogP contribution in [0.5, 0.6) is 23.0 Å². The Morgan fingerprint density at radius 3 is 1.56 bits per heavy atom. The summed E-state index contributed by atoms with van der Waals surface area (Å²) >= 11 is 0. The summed E-state index contributed by atoms with van der Waals surface area (Å²) in [5.41, 5.74) is 1.20. The van der Waals surface area contributed by atoms with Crippen LogP contribution in [0.2, 0.25) is 0 Å². The number of esters is 2. The number of ether oxygens (including phenoxy) is 4. The van der Waals surface area contributed by atoms with Gasteiger partial charge in [-0.05, 0) is 35.4 Å². The number of phenols is 2. The molecule has 2 aromatic carbocycles. The third-order valence-electron chi connectivity index (χ3n) is 3.58. The highest BCUT2D eigenvalue weighted by molar-refractivity contribution is 5.91. The third-order valence-corrected chi connectivity index (χ3v) is 3.58. The molecule has 0 spiro atoms. The van der Waals surface area contributed by atoms with Gasteiger partial charge in [-0.1, -0.05) is 12.1 Å². The zero-order chi connectivity index (χ0) is 19.8. The lowest BCUT2D eigenvalue weighted by atomic mass is 10.2. The van der Waals surface area contributed by atoms with E-state index in [0.717, 1.165) is 0 Å². The van der Waals surface area contributed by atoms with Crippen molar-refractivity contribution in [3.63, 3.8) is 0 Å². The highest BCUT2D eigenvalue weighted by Gasteiger charge is 2.14. The summed E-state index contributed by atoms with van der Waals surface area (Å²) in [5, 5.41) is 19.0. The minimum absolute atomic E-state index is 0.0259. The first-order chi connectivity index (χ1) is 12.9. The molecule has 0 aliphatic carbocycles. The van der Waals surface area contributed by atoms with Crippen LogP contribution in [0, 0.1) is 0 Å². The lowest BCUT2D eigenvalue weighted by Crippen LogP contribution is -2.14. The molecule has 27 heavy (non-hydrogen) atoms. The monoisotopic (exact) mass is 376 g/mol. The predicted octanol–water partition coefficient (Wildman–Crippen LogP) is 2.29. The summed E-state index contributed by atoms with van der Waals surface area (Å²) in [5.74, 6) is -1.02. The highest BCUT2D eigenvalue weighted by Crippen LogP contribution is 2.27. The van der Waals surface area contributed by atoms with E-state index in [1.807, 2.05) is 0 Å². The number of carbonyl (C=O) groups excluding carboxylic acids is 2. The lowest BCUT2D eigenvalue weighted by Gasteiger charge is -2.09. The van der Waals surface area contributed by atoms with E-state index in [4.69, 9.17) is 18.9 Å². The molecular formula is C19H20O8. The van der Waals surface area contributed by atoms with E-state index >= 15 is 0 Å². The third kappa shape index (κ3) is 5.81. The normalized spacial score (nSPS) is 10.1. The lowest BCUT2D eigenvalue weighted by molar-refractivity contribution is -0.156. The van der Waals surface area contributed by atoms with Crippen LogP contribution in [0.3, 0.4) is 0 Å². The summed E-state index contributed by atoms with van der Waals surface area (Å²) in [6, 6.07) is 9.03. The fourth-order valence-corrected chi connectivity index (χ4v) is 2.17. The van der Waals surface area contributed by atoms with Gasteiger partial charge in [-0.15, -0.1) is 0 Å². The van der Waals surface area contributed by atoms with Gasteiger partial charge < -0.3 is 29.2 Å². The van der Waals surface area contributed by atoms with E-state index < -0.39 is 18.4 Å². The SMILES string of the molecule is COc1cc(COC(=O)CC(=O)OCc2ccc(O)c(OC)c2)ccc1O. The van der Waals surface area contributed by atoms with Gasteiger partial charge in [0, 0.05) is 0 Å². The van der Waals surface area contributed by atoms with Gasteiger partial charge in [0.25, 0.3) is 0 Å². The van der Waals surface area contributed by atoms with Crippen LogP contribution < -0.4 is 9.47 Å². The molecule has 0 atom stereocenters. The summed E-state index contributed by atoms with van der Waals surface area (Å²) in [4.78, 5) is 23.5. The molecule has 0 saturated carbocycles. The van der Waals surface area contributed by atoms with Gasteiger partial charge in [0.1, 0.15) is 19.6 Å². The van der Waals surface area contributed by atoms with Crippen LogP contribution in [0.4, 0.5) is 0 Å². The first kappa shape index (κ1) is 19.9. The van der Waals surface area contributed by atoms with Crippen molar-refractivity contribution < 1.29 is 38.7 Å². The molecule has 2 rings (SSSR count). The summed E-state index contributed by atoms with van der Waals surface area (Å²) in [7, 11) is 2.81. The number of aromatic hydroxyl groups is 2. The quantitative estimate of drug-likeness (QED) is 0.533. The average Bonchev–Trinajstić information content (AvgIpc) is 2.66. The second-order valence-corrected chi connectivity index (χ2v) is 5.51. The fourth-order valence-electron chi connectivity index (χ4n) is 2.17. The van der Waals surface area contributed by atoms with Crippen molar-refractivity contribution in [3.05, 3.63) is 47.5 Å². The summed E-state index contributed by atoms with van der Waals surface area (Å²) < 4.78 is 20.0. The Labute approximate surface area is 155 Å². The van der Waals surface area contributed by atoms with Crippen LogP contribution in [0.1, 0.15) is 17.5 Å². The highest BCUT2D eigenvalue weighted by atomic mass is 16.6.